The van der Waals surface area contributed by atoms with Crippen LogP contribution < -0.4 is 5.32 Å². The molecule has 0 aliphatic carbocycles. The van der Waals surface area contributed by atoms with Crippen LogP contribution in [-0.2, 0) is 11.3 Å². The van der Waals surface area contributed by atoms with Gasteiger partial charge in [-0.25, -0.2) is 15.0 Å². The van der Waals surface area contributed by atoms with Crippen LogP contribution in [0.1, 0.15) is 23.0 Å². The van der Waals surface area contributed by atoms with E-state index in [1.807, 2.05) is 6.92 Å². The first-order chi connectivity index (χ1) is 17.4. The average molecular weight is 487 g/mol. The van der Waals surface area contributed by atoms with E-state index in [2.05, 4.69) is 75.1 Å². The SMILES string of the molecule is Cc1ccc2c3c(C)cccc3n(CCNCC3OC(n4cnc5c(C)ncnc54)C(O)C3O)c2c1. The van der Waals surface area contributed by atoms with E-state index in [0.29, 0.717) is 24.3 Å². The quantitative estimate of drug-likeness (QED) is 0.317. The Balaban J connectivity index is 1.17. The molecule has 186 valence electrons. The number of hydrogen-bond acceptors (Lipinski definition) is 7. The lowest BCUT2D eigenvalue weighted by Gasteiger charge is -2.17. The van der Waals surface area contributed by atoms with Crippen molar-refractivity contribution in [3.63, 3.8) is 0 Å². The lowest BCUT2D eigenvalue weighted by molar-refractivity contribution is -0.0341. The molecule has 4 atom stereocenters. The maximum absolute atomic E-state index is 10.7. The summed E-state index contributed by atoms with van der Waals surface area (Å²) < 4.78 is 10.1. The molecular weight excluding hydrogens is 456 g/mol. The number of aliphatic hydroxyl groups is 2. The molecule has 3 aromatic heterocycles. The Morgan fingerprint density at radius 2 is 1.86 bits per heavy atom. The van der Waals surface area contributed by atoms with Crippen LogP contribution >= 0.6 is 0 Å². The summed E-state index contributed by atoms with van der Waals surface area (Å²) in [7, 11) is 0. The van der Waals surface area contributed by atoms with Gasteiger partial charge in [0.05, 0.1) is 12.0 Å². The summed E-state index contributed by atoms with van der Waals surface area (Å²) in [5, 5.41) is 27.4. The summed E-state index contributed by atoms with van der Waals surface area (Å²) in [5.41, 5.74) is 6.91. The molecule has 0 spiro atoms. The number of rotatable bonds is 6. The van der Waals surface area contributed by atoms with E-state index < -0.39 is 24.5 Å². The highest BCUT2D eigenvalue weighted by molar-refractivity contribution is 6.09. The van der Waals surface area contributed by atoms with E-state index >= 15 is 0 Å². The minimum Gasteiger partial charge on any atom is -0.387 e. The first-order valence-electron chi connectivity index (χ1n) is 12.3. The number of ether oxygens (including phenoxy) is 1. The number of aryl methyl sites for hydroxylation is 3. The third-order valence-corrected chi connectivity index (χ3v) is 7.27. The summed E-state index contributed by atoms with van der Waals surface area (Å²) >= 11 is 0. The van der Waals surface area contributed by atoms with Gasteiger partial charge in [0.1, 0.15) is 30.2 Å². The lowest BCUT2D eigenvalue weighted by atomic mass is 10.1. The molecule has 3 N–H and O–H groups in total. The normalized spacial score (nSPS) is 22.4. The largest absolute Gasteiger partial charge is 0.387 e. The first-order valence-corrected chi connectivity index (χ1v) is 12.3. The zero-order valence-electron chi connectivity index (χ0n) is 20.6. The van der Waals surface area contributed by atoms with Gasteiger partial charge in [-0.15, -0.1) is 0 Å². The van der Waals surface area contributed by atoms with Crippen LogP contribution in [0, 0.1) is 20.8 Å². The Kier molecular flexibility index (Phi) is 5.72. The molecule has 0 saturated carbocycles. The highest BCUT2D eigenvalue weighted by Gasteiger charge is 2.44. The van der Waals surface area contributed by atoms with Gasteiger partial charge < -0.3 is 24.8 Å². The third-order valence-electron chi connectivity index (χ3n) is 7.27. The Bertz CT molecular complexity index is 1570. The molecule has 0 bridgehead atoms. The zero-order valence-corrected chi connectivity index (χ0v) is 20.6. The topological polar surface area (TPSA) is 110 Å². The lowest BCUT2D eigenvalue weighted by Crippen LogP contribution is -2.38. The second-order valence-electron chi connectivity index (χ2n) is 9.67. The van der Waals surface area contributed by atoms with Crippen molar-refractivity contribution < 1.29 is 14.9 Å². The summed E-state index contributed by atoms with van der Waals surface area (Å²) in [6, 6.07) is 13.0. The van der Waals surface area contributed by atoms with Gasteiger partial charge >= 0.3 is 0 Å². The number of aliphatic hydroxyl groups excluding tert-OH is 2. The standard InChI is InChI=1S/C27H30N6O3/c1-15-7-8-18-20(11-15)32(19-6-4-5-16(2)22(18)19)10-9-28-12-21-24(34)25(35)27(36-21)33-14-31-23-17(3)29-13-30-26(23)33/h4-8,11,13-14,21,24-25,27-28,34-35H,9-10,12H2,1-3H3. The van der Waals surface area contributed by atoms with E-state index in [4.69, 9.17) is 4.74 Å². The monoisotopic (exact) mass is 486 g/mol. The third kappa shape index (κ3) is 3.67. The van der Waals surface area contributed by atoms with Gasteiger partial charge in [0.25, 0.3) is 0 Å². The van der Waals surface area contributed by atoms with Gasteiger partial charge in [0, 0.05) is 41.4 Å². The molecular formula is C27H30N6O3. The maximum Gasteiger partial charge on any atom is 0.165 e. The van der Waals surface area contributed by atoms with Crippen LogP contribution in [-0.4, -0.2) is 65.7 Å². The Morgan fingerprint density at radius 1 is 1.00 bits per heavy atom. The number of fused-ring (bicyclic) bond motifs is 4. The highest BCUT2D eigenvalue weighted by Crippen LogP contribution is 2.33. The fourth-order valence-electron chi connectivity index (χ4n) is 5.39. The second kappa shape index (κ2) is 8.94. The van der Waals surface area contributed by atoms with Crippen molar-refractivity contribution in [2.75, 3.05) is 13.1 Å². The van der Waals surface area contributed by atoms with Crippen LogP contribution in [0.25, 0.3) is 33.0 Å². The second-order valence-corrected chi connectivity index (χ2v) is 9.67. The van der Waals surface area contributed by atoms with Gasteiger partial charge in [-0.3, -0.25) is 4.57 Å². The number of aromatic nitrogens is 5. The van der Waals surface area contributed by atoms with Gasteiger partial charge in [-0.1, -0.05) is 24.3 Å². The molecule has 9 heteroatoms. The zero-order chi connectivity index (χ0) is 25.0. The molecule has 4 unspecified atom stereocenters. The van der Waals surface area contributed by atoms with Gasteiger partial charge in [0.15, 0.2) is 11.9 Å². The first kappa shape index (κ1) is 23.1. The molecule has 4 heterocycles. The minimum atomic E-state index is -1.09. The maximum atomic E-state index is 10.7. The summed E-state index contributed by atoms with van der Waals surface area (Å²) in [6.45, 7) is 7.99. The predicted molar refractivity (Wildman–Crippen MR) is 138 cm³/mol. The number of nitrogens with one attached hydrogen (secondary N) is 1. The van der Waals surface area contributed by atoms with E-state index in [0.717, 1.165) is 12.2 Å². The number of benzene rings is 2. The molecule has 1 fully saturated rings. The number of hydrogen-bond donors (Lipinski definition) is 3. The van der Waals surface area contributed by atoms with Crippen molar-refractivity contribution in [2.45, 2.75) is 51.9 Å². The minimum absolute atomic E-state index is 0.407. The molecule has 2 aromatic carbocycles. The van der Waals surface area contributed by atoms with Crippen LogP contribution in [0.15, 0.2) is 49.1 Å². The summed E-state index contributed by atoms with van der Waals surface area (Å²) in [5.74, 6) is 0. The van der Waals surface area contributed by atoms with Crippen LogP contribution in [0.4, 0.5) is 0 Å². The predicted octanol–water partition coefficient (Wildman–Crippen LogP) is 2.77. The molecule has 0 amide bonds. The van der Waals surface area contributed by atoms with Crippen LogP contribution in [0.3, 0.4) is 0 Å². The van der Waals surface area contributed by atoms with E-state index in [-0.39, 0.29) is 0 Å². The van der Waals surface area contributed by atoms with E-state index in [1.165, 1.54) is 39.3 Å². The van der Waals surface area contributed by atoms with Crippen molar-refractivity contribution in [3.8, 4) is 0 Å². The summed E-state index contributed by atoms with van der Waals surface area (Å²) in [4.78, 5) is 12.8. The van der Waals surface area contributed by atoms with Crippen LogP contribution in [0.2, 0.25) is 0 Å². The molecule has 1 aliphatic heterocycles. The molecule has 1 aliphatic rings. The van der Waals surface area contributed by atoms with Crippen molar-refractivity contribution in [1.29, 1.82) is 0 Å². The van der Waals surface area contributed by atoms with Crippen molar-refractivity contribution in [3.05, 3.63) is 65.9 Å². The fraction of sp³-hybridized carbons (Fsp3) is 0.370. The van der Waals surface area contributed by atoms with Crippen molar-refractivity contribution in [1.82, 2.24) is 29.4 Å². The average Bonchev–Trinajstić information content (AvgIpc) is 3.51. The van der Waals surface area contributed by atoms with Gasteiger partial charge in [-0.2, -0.15) is 0 Å². The number of nitrogens with zero attached hydrogens (tertiary/aromatic N) is 5. The molecule has 9 nitrogen and oxygen atoms in total. The highest BCUT2D eigenvalue weighted by atomic mass is 16.6. The molecule has 0 radical (unpaired) electrons. The van der Waals surface area contributed by atoms with E-state index in [1.54, 1.807) is 10.9 Å². The Labute approximate surface area is 208 Å². The van der Waals surface area contributed by atoms with Crippen molar-refractivity contribution in [2.24, 2.45) is 0 Å². The van der Waals surface area contributed by atoms with Crippen molar-refractivity contribution >= 4 is 33.0 Å². The molecule has 36 heavy (non-hydrogen) atoms. The fourth-order valence-corrected chi connectivity index (χ4v) is 5.39. The summed E-state index contributed by atoms with van der Waals surface area (Å²) in [6.07, 6.45) is -0.407. The van der Waals surface area contributed by atoms with Gasteiger partial charge in [0.2, 0.25) is 0 Å². The molecule has 5 aromatic rings. The molecule has 6 rings (SSSR count). The van der Waals surface area contributed by atoms with Gasteiger partial charge in [-0.05, 0) is 44.0 Å². The van der Waals surface area contributed by atoms with Crippen LogP contribution in [0.5, 0.6) is 0 Å². The molecule has 1 saturated heterocycles. The Morgan fingerprint density at radius 3 is 2.72 bits per heavy atom. The Hall–Kier alpha value is -3.37. The number of imidazole rings is 1. The van der Waals surface area contributed by atoms with E-state index in [9.17, 15) is 10.2 Å². The smallest absolute Gasteiger partial charge is 0.165 e.